The topological polar surface area (TPSA) is 75.2 Å². The fourth-order valence-corrected chi connectivity index (χ4v) is 1.02. The van der Waals surface area contributed by atoms with Crippen molar-refractivity contribution in [1.82, 2.24) is 0 Å². The van der Waals surface area contributed by atoms with Crippen molar-refractivity contribution in [2.75, 3.05) is 0 Å². The molecule has 0 aromatic heterocycles. The van der Waals surface area contributed by atoms with Gasteiger partial charge in [-0.05, 0) is 24.6 Å². The third kappa shape index (κ3) is 1.27. The molecule has 1 aromatic rings. The van der Waals surface area contributed by atoms with E-state index in [4.69, 9.17) is 10.5 Å². The first-order valence-electron chi connectivity index (χ1n) is 3.46. The minimum absolute atomic E-state index is 0.478. The lowest BCUT2D eigenvalue weighted by Crippen LogP contribution is -2.42. The summed E-state index contributed by atoms with van der Waals surface area (Å²) >= 11 is 0. The number of hydrogen-bond donors (Lipinski definition) is 1. The maximum atomic E-state index is 8.66. The molecule has 3 nitrogen and oxygen atoms in total. The second-order valence-electron chi connectivity index (χ2n) is 2.56. The average molecular weight is 158 g/mol. The first-order chi connectivity index (χ1) is 5.69. The highest BCUT2D eigenvalue weighted by atomic mass is 14.6. The zero-order valence-corrected chi connectivity index (χ0v) is 6.76. The Balaban J connectivity index is 3.48. The predicted octanol–water partition coefficient (Wildman–Crippen LogP) is 0.612. The first-order valence-corrected chi connectivity index (χ1v) is 3.46. The van der Waals surface area contributed by atoms with Crippen LogP contribution >= 0.6 is 0 Å². The molecule has 58 valence electrons. The van der Waals surface area contributed by atoms with E-state index in [-0.39, 0.29) is 0 Å². The lowest BCUT2D eigenvalue weighted by atomic mass is 10.1. The summed E-state index contributed by atoms with van der Waals surface area (Å²) in [6, 6.07) is 7.45. The number of benzene rings is 1. The maximum Gasteiger partial charge on any atom is 0.163 e. The maximum absolute atomic E-state index is 8.66. The first kappa shape index (κ1) is 8.26. The normalized spacial score (nSPS) is 8.67. The van der Waals surface area contributed by atoms with E-state index in [1.807, 2.05) is 19.1 Å². The van der Waals surface area contributed by atoms with Crippen LogP contribution in [-0.2, 0) is 0 Å². The highest BCUT2D eigenvalue weighted by molar-refractivity contribution is 5.59. The van der Waals surface area contributed by atoms with Crippen molar-refractivity contribution in [2.24, 2.45) is 0 Å². The fourth-order valence-electron chi connectivity index (χ4n) is 1.02. The van der Waals surface area contributed by atoms with Crippen molar-refractivity contribution >= 4 is 5.69 Å². The molecule has 3 N–H and O–H groups in total. The average Bonchev–Trinajstić information content (AvgIpc) is 2.08. The quantitative estimate of drug-likeness (QED) is 0.600. The standard InChI is InChI=1S/C9H7N3/c1-6-2-7(4-10)9(12)8(3-6)5-11/h2-3H,12H2,1H3/p+1. The number of hydrogen-bond acceptors (Lipinski definition) is 2. The molecule has 0 aliphatic carbocycles. The molecule has 1 aromatic carbocycles. The van der Waals surface area contributed by atoms with Gasteiger partial charge >= 0.3 is 0 Å². The van der Waals surface area contributed by atoms with Crippen LogP contribution in [0.15, 0.2) is 12.1 Å². The van der Waals surface area contributed by atoms with Crippen molar-refractivity contribution in [1.29, 1.82) is 10.5 Å². The summed E-state index contributed by atoms with van der Waals surface area (Å²) in [5.74, 6) is 0. The van der Waals surface area contributed by atoms with E-state index in [0.29, 0.717) is 16.8 Å². The summed E-state index contributed by atoms with van der Waals surface area (Å²) in [6.45, 7) is 1.85. The second-order valence-corrected chi connectivity index (χ2v) is 2.56. The van der Waals surface area contributed by atoms with E-state index in [1.165, 1.54) is 0 Å². The van der Waals surface area contributed by atoms with Crippen LogP contribution < -0.4 is 5.73 Å². The van der Waals surface area contributed by atoms with Gasteiger partial charge in [0, 0.05) is 0 Å². The lowest BCUT2D eigenvalue weighted by molar-refractivity contribution is -0.255. The Morgan fingerprint density at radius 2 is 1.58 bits per heavy atom. The minimum atomic E-state index is 0.478. The molecule has 0 saturated carbocycles. The molecule has 0 amide bonds. The molecule has 1 rings (SSSR count). The predicted molar refractivity (Wildman–Crippen MR) is 43.2 cm³/mol. The molecule has 0 radical (unpaired) electrons. The van der Waals surface area contributed by atoms with Gasteiger partial charge in [-0.3, -0.25) is 0 Å². The van der Waals surface area contributed by atoms with E-state index >= 15 is 0 Å². The van der Waals surface area contributed by atoms with Crippen molar-refractivity contribution in [3.8, 4) is 12.1 Å². The molecule has 0 aliphatic heterocycles. The minimum Gasteiger partial charge on any atom is -0.323 e. The molecule has 0 unspecified atom stereocenters. The summed E-state index contributed by atoms with van der Waals surface area (Å²) in [5, 5.41) is 17.3. The van der Waals surface area contributed by atoms with Crippen LogP contribution in [0.3, 0.4) is 0 Å². The van der Waals surface area contributed by atoms with Crippen molar-refractivity contribution in [3.05, 3.63) is 28.8 Å². The van der Waals surface area contributed by atoms with Gasteiger partial charge < -0.3 is 5.73 Å². The molecular weight excluding hydrogens is 150 g/mol. The molecule has 0 spiro atoms. The fraction of sp³-hybridized carbons (Fsp3) is 0.111. The monoisotopic (exact) mass is 158 g/mol. The summed E-state index contributed by atoms with van der Waals surface area (Å²) in [5.41, 5.74) is 6.05. The van der Waals surface area contributed by atoms with Crippen molar-refractivity contribution in [2.45, 2.75) is 6.92 Å². The van der Waals surface area contributed by atoms with Gasteiger partial charge in [-0.25, -0.2) is 0 Å². The molecule has 0 atom stereocenters. The zero-order chi connectivity index (χ0) is 9.14. The SMILES string of the molecule is Cc1cc(C#N)c([NH3+])c(C#N)c1. The van der Waals surface area contributed by atoms with Crippen LogP contribution in [0.2, 0.25) is 0 Å². The van der Waals surface area contributed by atoms with Gasteiger partial charge in [0.1, 0.15) is 23.3 Å². The molecule has 12 heavy (non-hydrogen) atoms. The van der Waals surface area contributed by atoms with Crippen LogP contribution in [0.5, 0.6) is 0 Å². The number of nitrogens with zero attached hydrogens (tertiary/aromatic N) is 2. The number of aryl methyl sites for hydroxylation is 1. The highest BCUT2D eigenvalue weighted by Crippen LogP contribution is 2.16. The van der Waals surface area contributed by atoms with Crippen LogP contribution in [0.4, 0.5) is 5.69 Å². The van der Waals surface area contributed by atoms with Gasteiger partial charge in [0.15, 0.2) is 5.69 Å². The Kier molecular flexibility index (Phi) is 2.09. The van der Waals surface area contributed by atoms with Gasteiger partial charge in [-0.2, -0.15) is 10.5 Å². The number of quaternary nitrogens is 1. The Bertz CT molecular complexity index is 358. The molecule has 0 heterocycles. The Morgan fingerprint density at radius 1 is 1.17 bits per heavy atom. The largest absolute Gasteiger partial charge is 0.323 e. The van der Waals surface area contributed by atoms with E-state index < -0.39 is 0 Å². The molecule has 0 saturated heterocycles. The lowest BCUT2D eigenvalue weighted by Gasteiger charge is -1.97. The second kappa shape index (κ2) is 3.04. The number of nitriles is 2. The molecule has 0 aliphatic rings. The number of rotatable bonds is 0. The van der Waals surface area contributed by atoms with Crippen LogP contribution in [0.1, 0.15) is 16.7 Å². The highest BCUT2D eigenvalue weighted by Gasteiger charge is 2.08. The summed E-state index contributed by atoms with van der Waals surface area (Å²) in [7, 11) is 0. The van der Waals surface area contributed by atoms with Gasteiger partial charge in [-0.1, -0.05) is 0 Å². The van der Waals surface area contributed by atoms with Crippen molar-refractivity contribution in [3.63, 3.8) is 0 Å². The Morgan fingerprint density at radius 3 is 1.92 bits per heavy atom. The summed E-state index contributed by atoms with van der Waals surface area (Å²) in [4.78, 5) is 0. The van der Waals surface area contributed by atoms with Crippen LogP contribution in [-0.4, -0.2) is 0 Å². The third-order valence-electron chi connectivity index (χ3n) is 1.64. The van der Waals surface area contributed by atoms with E-state index in [1.54, 1.807) is 12.1 Å². The van der Waals surface area contributed by atoms with Gasteiger partial charge in [0.05, 0.1) is 0 Å². The summed E-state index contributed by atoms with van der Waals surface area (Å²) in [6.07, 6.45) is 0. The summed E-state index contributed by atoms with van der Waals surface area (Å²) < 4.78 is 0. The van der Waals surface area contributed by atoms with Gasteiger partial charge in [-0.15, -0.1) is 0 Å². The van der Waals surface area contributed by atoms with E-state index in [9.17, 15) is 0 Å². The van der Waals surface area contributed by atoms with Crippen LogP contribution in [0, 0.1) is 29.6 Å². The Hall–Kier alpha value is -1.84. The van der Waals surface area contributed by atoms with Crippen LogP contribution in [0.25, 0.3) is 0 Å². The zero-order valence-electron chi connectivity index (χ0n) is 6.76. The van der Waals surface area contributed by atoms with Gasteiger partial charge in [0.2, 0.25) is 0 Å². The molecule has 3 heteroatoms. The third-order valence-corrected chi connectivity index (χ3v) is 1.64. The molecule has 0 fully saturated rings. The van der Waals surface area contributed by atoms with Crippen molar-refractivity contribution < 1.29 is 5.73 Å². The Labute approximate surface area is 70.7 Å². The van der Waals surface area contributed by atoms with Gasteiger partial charge in [0.25, 0.3) is 0 Å². The molecular formula is C9H8N3+. The molecule has 0 bridgehead atoms. The smallest absolute Gasteiger partial charge is 0.163 e. The van der Waals surface area contributed by atoms with E-state index in [2.05, 4.69) is 5.73 Å². The van der Waals surface area contributed by atoms with E-state index in [0.717, 1.165) is 5.56 Å².